The molecule has 6 fully saturated rings. The minimum absolute atomic E-state index is 0.159. The highest BCUT2D eigenvalue weighted by molar-refractivity contribution is 9.10. The van der Waals surface area contributed by atoms with Gasteiger partial charge in [-0.3, -0.25) is 9.80 Å². The van der Waals surface area contributed by atoms with Crippen molar-refractivity contribution in [2.75, 3.05) is 13.1 Å². The maximum Gasteiger partial charge on any atom is 0.411 e. The monoisotopic (exact) mass is 758 g/mol. The fraction of sp³-hybridized carbons (Fsp3) is 0.611. The van der Waals surface area contributed by atoms with E-state index in [0.717, 1.165) is 112 Å². The number of halogens is 2. The molecule has 8 rings (SSSR count). The first-order valence-corrected chi connectivity index (χ1v) is 18.5. The van der Waals surface area contributed by atoms with Crippen LogP contribution in [0.25, 0.3) is 0 Å². The molecule has 2 heterocycles. The molecule has 248 valence electrons. The van der Waals surface area contributed by atoms with E-state index in [2.05, 4.69) is 56.1 Å². The number of benzene rings is 2. The molecule has 0 aromatic heterocycles. The Morgan fingerprint density at radius 2 is 0.870 bits per heavy atom. The molecule has 2 spiro atoms. The van der Waals surface area contributed by atoms with E-state index < -0.39 is 0 Å². The number of carbonyl (C=O) groups excluding carboxylic acids is 2. The van der Waals surface area contributed by atoms with Crippen LogP contribution in [-0.4, -0.2) is 68.7 Å². The van der Waals surface area contributed by atoms with E-state index in [9.17, 15) is 19.8 Å². The van der Waals surface area contributed by atoms with Crippen LogP contribution in [0.4, 0.5) is 9.59 Å². The van der Waals surface area contributed by atoms with Crippen molar-refractivity contribution in [2.45, 2.75) is 124 Å². The molecule has 2 amide bonds. The van der Waals surface area contributed by atoms with Gasteiger partial charge < -0.3 is 19.7 Å². The standard InChI is InChI=1S/2C18H22BrNO3/c2*19-14-3-1-13(2-4-14)18(9-10-18)20-12-11-17(23-16(20)22)7-5-15(21)6-8-17/h2*1-4,15,21H,5-12H2. The van der Waals surface area contributed by atoms with Gasteiger partial charge in [-0.1, -0.05) is 56.1 Å². The number of ether oxygens (including phenoxy) is 2. The smallest absolute Gasteiger partial charge is 0.411 e. The summed E-state index contributed by atoms with van der Waals surface area (Å²) >= 11 is 6.94. The molecule has 0 unspecified atom stereocenters. The van der Waals surface area contributed by atoms with Gasteiger partial charge in [0.25, 0.3) is 0 Å². The molecule has 10 heteroatoms. The van der Waals surface area contributed by atoms with Gasteiger partial charge >= 0.3 is 12.2 Å². The fourth-order valence-corrected chi connectivity index (χ4v) is 8.85. The molecule has 0 atom stereocenters. The molecule has 8 nitrogen and oxygen atoms in total. The fourth-order valence-electron chi connectivity index (χ4n) is 8.32. The molecule has 0 bridgehead atoms. The molecule has 4 aliphatic carbocycles. The number of aliphatic hydroxyl groups excluding tert-OH is 2. The number of carbonyl (C=O) groups is 2. The summed E-state index contributed by atoms with van der Waals surface area (Å²) in [5.74, 6) is 0. The van der Waals surface area contributed by atoms with E-state index in [0.29, 0.717) is 0 Å². The summed E-state index contributed by atoms with van der Waals surface area (Å²) in [6.45, 7) is 1.51. The van der Waals surface area contributed by atoms with Crippen molar-refractivity contribution in [3.63, 3.8) is 0 Å². The summed E-state index contributed by atoms with van der Waals surface area (Å²) in [5, 5.41) is 19.4. The van der Waals surface area contributed by atoms with Crippen LogP contribution < -0.4 is 0 Å². The van der Waals surface area contributed by atoms with Crippen LogP contribution in [0.1, 0.15) is 101 Å². The van der Waals surface area contributed by atoms with Gasteiger partial charge in [-0.15, -0.1) is 0 Å². The van der Waals surface area contributed by atoms with Gasteiger partial charge in [-0.2, -0.15) is 0 Å². The zero-order valence-electron chi connectivity index (χ0n) is 26.3. The second-order valence-electron chi connectivity index (χ2n) is 14.4. The molecule has 2 saturated heterocycles. The van der Waals surface area contributed by atoms with Crippen LogP contribution in [-0.2, 0) is 20.6 Å². The van der Waals surface area contributed by atoms with Crippen LogP contribution >= 0.6 is 31.9 Å². The van der Waals surface area contributed by atoms with Crippen LogP contribution in [0.15, 0.2) is 57.5 Å². The van der Waals surface area contributed by atoms with Crippen LogP contribution in [0, 0.1) is 0 Å². The Morgan fingerprint density at radius 3 is 1.15 bits per heavy atom. The van der Waals surface area contributed by atoms with Gasteiger partial charge in [0.2, 0.25) is 0 Å². The first kappa shape index (κ1) is 32.4. The quantitative estimate of drug-likeness (QED) is 0.329. The topological polar surface area (TPSA) is 99.5 Å². The lowest BCUT2D eigenvalue weighted by molar-refractivity contribution is -0.0946. The SMILES string of the molecule is O=C1OC2(CCC(O)CC2)CCN1C1(c2ccc(Br)cc2)CC1.O=C1OC2(CCC(O)CC2)CCN1C1(c2ccc(Br)cc2)CC1. The van der Waals surface area contributed by atoms with E-state index in [1.165, 1.54) is 11.1 Å². The Balaban J connectivity index is 0.000000147. The van der Waals surface area contributed by atoms with Crippen molar-refractivity contribution >= 4 is 44.0 Å². The lowest BCUT2D eigenvalue weighted by atomic mass is 9.80. The summed E-state index contributed by atoms with van der Waals surface area (Å²) in [4.78, 5) is 29.3. The summed E-state index contributed by atoms with van der Waals surface area (Å²) < 4.78 is 13.9. The normalized spacial score (nSPS) is 32.7. The van der Waals surface area contributed by atoms with E-state index in [1.54, 1.807) is 0 Å². The number of aliphatic hydroxyl groups is 2. The molecule has 2 aliphatic heterocycles. The first-order valence-electron chi connectivity index (χ1n) is 17.0. The highest BCUT2D eigenvalue weighted by Crippen LogP contribution is 2.55. The number of amides is 2. The molecule has 4 saturated carbocycles. The largest absolute Gasteiger partial charge is 0.443 e. The summed E-state index contributed by atoms with van der Waals surface area (Å²) in [6.07, 6.45) is 11.1. The first-order chi connectivity index (χ1) is 22.1. The van der Waals surface area contributed by atoms with E-state index in [4.69, 9.17) is 9.47 Å². The lowest BCUT2D eigenvalue weighted by Gasteiger charge is -2.46. The lowest BCUT2D eigenvalue weighted by Crippen LogP contribution is -2.54. The van der Waals surface area contributed by atoms with Crippen LogP contribution in [0.2, 0.25) is 0 Å². The number of hydrogen-bond donors (Lipinski definition) is 2. The molecule has 2 aromatic carbocycles. The number of rotatable bonds is 4. The molecular weight excluding hydrogens is 716 g/mol. The van der Waals surface area contributed by atoms with Crippen molar-refractivity contribution in [3.8, 4) is 0 Å². The van der Waals surface area contributed by atoms with Gasteiger partial charge in [0.1, 0.15) is 11.2 Å². The summed E-state index contributed by atoms with van der Waals surface area (Å²) in [7, 11) is 0. The summed E-state index contributed by atoms with van der Waals surface area (Å²) in [6, 6.07) is 16.6. The van der Waals surface area contributed by atoms with Crippen LogP contribution in [0.5, 0.6) is 0 Å². The van der Waals surface area contributed by atoms with Crippen LogP contribution in [0.3, 0.4) is 0 Å². The Hall–Kier alpha value is -2.14. The Labute approximate surface area is 288 Å². The molecule has 6 aliphatic rings. The maximum atomic E-state index is 12.7. The molecule has 46 heavy (non-hydrogen) atoms. The second kappa shape index (κ2) is 12.4. The number of hydrogen-bond acceptors (Lipinski definition) is 6. The van der Waals surface area contributed by atoms with E-state index in [1.807, 2.05) is 34.1 Å². The van der Waals surface area contributed by atoms with E-state index in [-0.39, 0.29) is 46.7 Å². The van der Waals surface area contributed by atoms with Crippen molar-refractivity contribution < 1.29 is 29.3 Å². The van der Waals surface area contributed by atoms with E-state index >= 15 is 0 Å². The predicted molar refractivity (Wildman–Crippen MR) is 180 cm³/mol. The molecular formula is C36H44Br2N2O6. The molecule has 0 radical (unpaired) electrons. The van der Waals surface area contributed by atoms with Crippen molar-refractivity contribution in [2.24, 2.45) is 0 Å². The predicted octanol–water partition coefficient (Wildman–Crippen LogP) is 7.91. The molecule has 2 aromatic rings. The van der Waals surface area contributed by atoms with Gasteiger partial charge in [0.05, 0.1) is 23.3 Å². The highest BCUT2D eigenvalue weighted by atomic mass is 79.9. The zero-order chi connectivity index (χ0) is 32.2. The molecule has 2 N–H and O–H groups in total. The van der Waals surface area contributed by atoms with Gasteiger partial charge in [-0.25, -0.2) is 9.59 Å². The second-order valence-corrected chi connectivity index (χ2v) is 16.3. The number of nitrogens with zero attached hydrogens (tertiary/aromatic N) is 2. The highest BCUT2D eigenvalue weighted by Gasteiger charge is 2.57. The van der Waals surface area contributed by atoms with Crippen molar-refractivity contribution in [1.82, 2.24) is 9.80 Å². The maximum absolute atomic E-state index is 12.7. The van der Waals surface area contributed by atoms with Crippen molar-refractivity contribution in [1.29, 1.82) is 0 Å². The minimum Gasteiger partial charge on any atom is -0.443 e. The Kier molecular flexibility index (Phi) is 8.73. The summed E-state index contributed by atoms with van der Waals surface area (Å²) in [5.41, 5.74) is 1.42. The Bertz CT molecular complexity index is 1320. The van der Waals surface area contributed by atoms with Gasteiger partial charge in [0, 0.05) is 34.9 Å². The zero-order valence-corrected chi connectivity index (χ0v) is 29.4. The Morgan fingerprint density at radius 1 is 0.543 bits per heavy atom. The van der Waals surface area contributed by atoms with Gasteiger partial charge in [-0.05, 0) is 112 Å². The third-order valence-electron chi connectivity index (χ3n) is 11.6. The third kappa shape index (κ3) is 6.24. The third-order valence-corrected chi connectivity index (χ3v) is 12.7. The van der Waals surface area contributed by atoms with Crippen molar-refractivity contribution in [3.05, 3.63) is 68.6 Å². The van der Waals surface area contributed by atoms with Gasteiger partial charge in [0.15, 0.2) is 0 Å². The average Bonchev–Trinajstić information content (AvgIpc) is 3.98. The average molecular weight is 761 g/mol. The minimum atomic E-state index is -0.331.